The summed E-state index contributed by atoms with van der Waals surface area (Å²) >= 11 is 0. The van der Waals surface area contributed by atoms with Crippen LogP contribution < -0.4 is 11.1 Å². The van der Waals surface area contributed by atoms with Crippen LogP contribution in [0.4, 0.5) is 19.0 Å². The standard InChI is InChI=1S/C22H22F3N7/c23-22(24,25)18-14-31-19(3-1-4-20(31)30-18)29-15-5-8-21(26,9-6-15)17-13-16(7-11-27-17)32-12-2-10-28-32/h1-4,7,10-15,29H,5-6,8-9,26H2. The Labute approximate surface area is 182 Å². The smallest absolute Gasteiger partial charge is 0.368 e. The molecule has 0 bridgehead atoms. The Morgan fingerprint density at radius 3 is 2.62 bits per heavy atom. The number of nitrogens with zero attached hydrogens (tertiary/aromatic N) is 5. The zero-order chi connectivity index (χ0) is 22.3. The van der Waals surface area contributed by atoms with Gasteiger partial charge in [-0.1, -0.05) is 6.07 Å². The molecule has 1 aliphatic carbocycles. The fraction of sp³-hybridized carbons (Fsp3) is 0.318. The van der Waals surface area contributed by atoms with Gasteiger partial charge in [0.1, 0.15) is 11.5 Å². The minimum atomic E-state index is -4.48. The maximum Gasteiger partial charge on any atom is 0.434 e. The lowest BCUT2D eigenvalue weighted by molar-refractivity contribution is -0.140. The number of rotatable bonds is 4. The van der Waals surface area contributed by atoms with Gasteiger partial charge in [0.25, 0.3) is 0 Å². The number of nitrogens with one attached hydrogen (secondary N) is 1. The van der Waals surface area contributed by atoms with Gasteiger partial charge in [-0.2, -0.15) is 18.3 Å². The van der Waals surface area contributed by atoms with E-state index in [-0.39, 0.29) is 11.7 Å². The van der Waals surface area contributed by atoms with Gasteiger partial charge in [-0.3, -0.25) is 9.38 Å². The van der Waals surface area contributed by atoms with Crippen LogP contribution in [0.3, 0.4) is 0 Å². The molecular formula is C22H22F3N7. The van der Waals surface area contributed by atoms with Crippen LogP contribution in [0.15, 0.2) is 61.2 Å². The summed E-state index contributed by atoms with van der Waals surface area (Å²) in [6, 6.07) is 10.8. The van der Waals surface area contributed by atoms with Gasteiger partial charge in [0.05, 0.1) is 16.9 Å². The highest BCUT2D eigenvalue weighted by molar-refractivity contribution is 5.52. The fourth-order valence-electron chi connectivity index (χ4n) is 4.26. The van der Waals surface area contributed by atoms with E-state index >= 15 is 0 Å². The SMILES string of the molecule is NC1(c2cc(-n3cccn3)ccn2)CCC(Nc2cccc3nc(C(F)(F)F)cn23)CC1. The van der Waals surface area contributed by atoms with Crippen molar-refractivity contribution in [3.8, 4) is 5.69 Å². The normalized spacial score (nSPS) is 21.7. The molecule has 0 unspecified atom stereocenters. The lowest BCUT2D eigenvalue weighted by Gasteiger charge is -2.37. The van der Waals surface area contributed by atoms with E-state index in [1.165, 1.54) is 4.40 Å². The summed E-state index contributed by atoms with van der Waals surface area (Å²) in [6.07, 6.45) is 4.80. The Morgan fingerprint density at radius 1 is 1.09 bits per heavy atom. The Bertz CT molecular complexity index is 1220. The molecule has 0 amide bonds. The predicted octanol–water partition coefficient (Wildman–Crippen LogP) is 4.14. The van der Waals surface area contributed by atoms with Crippen molar-refractivity contribution in [1.29, 1.82) is 0 Å². The number of nitrogens with two attached hydrogens (primary N) is 1. The summed E-state index contributed by atoms with van der Waals surface area (Å²) in [5.74, 6) is 0.582. The molecule has 0 radical (unpaired) electrons. The molecule has 4 aromatic heterocycles. The molecule has 166 valence electrons. The average Bonchev–Trinajstić information content (AvgIpc) is 3.46. The Morgan fingerprint density at radius 2 is 1.91 bits per heavy atom. The second-order valence-electron chi connectivity index (χ2n) is 8.19. The molecular weight excluding hydrogens is 419 g/mol. The van der Waals surface area contributed by atoms with Gasteiger partial charge in [-0.05, 0) is 56.0 Å². The maximum absolute atomic E-state index is 13.1. The Balaban J connectivity index is 1.31. The number of imidazole rings is 1. The van der Waals surface area contributed by atoms with Crippen molar-refractivity contribution < 1.29 is 13.2 Å². The largest absolute Gasteiger partial charge is 0.434 e. The van der Waals surface area contributed by atoms with E-state index in [4.69, 9.17) is 5.73 Å². The van der Waals surface area contributed by atoms with E-state index in [2.05, 4.69) is 20.4 Å². The molecule has 1 aliphatic rings. The number of aromatic nitrogens is 5. The van der Waals surface area contributed by atoms with Gasteiger partial charge >= 0.3 is 6.18 Å². The molecule has 10 heteroatoms. The third-order valence-corrected chi connectivity index (χ3v) is 6.03. The van der Waals surface area contributed by atoms with E-state index in [0.717, 1.165) is 30.4 Å². The molecule has 0 aliphatic heterocycles. The molecule has 4 heterocycles. The zero-order valence-electron chi connectivity index (χ0n) is 17.1. The summed E-state index contributed by atoms with van der Waals surface area (Å²) in [6.45, 7) is 0. The van der Waals surface area contributed by atoms with E-state index in [0.29, 0.717) is 18.7 Å². The molecule has 3 N–H and O–H groups in total. The lowest BCUT2D eigenvalue weighted by atomic mass is 9.77. The number of pyridine rings is 2. The second kappa shape index (κ2) is 7.63. The third kappa shape index (κ3) is 3.81. The third-order valence-electron chi connectivity index (χ3n) is 6.03. The minimum absolute atomic E-state index is 0.0864. The first-order chi connectivity index (χ1) is 15.3. The number of anilines is 1. The summed E-state index contributed by atoms with van der Waals surface area (Å²) in [5, 5.41) is 7.63. The highest BCUT2D eigenvalue weighted by atomic mass is 19.4. The van der Waals surface area contributed by atoms with Crippen LogP contribution in [0.5, 0.6) is 0 Å². The lowest BCUT2D eigenvalue weighted by Crippen LogP contribution is -2.44. The zero-order valence-corrected chi connectivity index (χ0v) is 17.1. The minimum Gasteiger partial charge on any atom is -0.368 e. The molecule has 0 aromatic carbocycles. The molecule has 5 rings (SSSR count). The van der Waals surface area contributed by atoms with Crippen LogP contribution in [0.25, 0.3) is 11.3 Å². The van der Waals surface area contributed by atoms with Crippen molar-refractivity contribution in [2.45, 2.75) is 43.4 Å². The van der Waals surface area contributed by atoms with E-state index in [1.54, 1.807) is 35.3 Å². The first-order valence-electron chi connectivity index (χ1n) is 10.4. The van der Waals surface area contributed by atoms with Crippen molar-refractivity contribution in [3.63, 3.8) is 0 Å². The average molecular weight is 441 g/mol. The van der Waals surface area contributed by atoms with Crippen LogP contribution >= 0.6 is 0 Å². The predicted molar refractivity (Wildman–Crippen MR) is 113 cm³/mol. The topological polar surface area (TPSA) is 86.1 Å². The fourth-order valence-corrected chi connectivity index (χ4v) is 4.26. The van der Waals surface area contributed by atoms with Crippen molar-refractivity contribution in [1.82, 2.24) is 24.1 Å². The number of hydrogen-bond donors (Lipinski definition) is 2. The monoisotopic (exact) mass is 441 g/mol. The first-order valence-corrected chi connectivity index (χ1v) is 10.4. The summed E-state index contributed by atoms with van der Waals surface area (Å²) in [4.78, 5) is 8.21. The highest BCUT2D eigenvalue weighted by Crippen LogP contribution is 2.36. The van der Waals surface area contributed by atoms with Gasteiger partial charge < -0.3 is 11.1 Å². The number of halogens is 3. The molecule has 1 saturated carbocycles. The van der Waals surface area contributed by atoms with E-state index < -0.39 is 17.4 Å². The van der Waals surface area contributed by atoms with Crippen LogP contribution in [-0.2, 0) is 11.7 Å². The van der Waals surface area contributed by atoms with Crippen LogP contribution in [-0.4, -0.2) is 30.2 Å². The van der Waals surface area contributed by atoms with Gasteiger partial charge in [0.2, 0.25) is 0 Å². The Hall–Kier alpha value is -3.40. The van der Waals surface area contributed by atoms with Gasteiger partial charge in [0, 0.05) is 30.8 Å². The van der Waals surface area contributed by atoms with Gasteiger partial charge in [-0.25, -0.2) is 9.67 Å². The van der Waals surface area contributed by atoms with E-state index in [1.807, 2.05) is 24.4 Å². The van der Waals surface area contributed by atoms with Gasteiger partial charge in [-0.15, -0.1) is 0 Å². The quantitative estimate of drug-likeness (QED) is 0.497. The van der Waals surface area contributed by atoms with Crippen molar-refractivity contribution >= 4 is 11.5 Å². The van der Waals surface area contributed by atoms with Gasteiger partial charge in [0.15, 0.2) is 5.69 Å². The first kappa shape index (κ1) is 20.5. The summed E-state index contributed by atoms with van der Waals surface area (Å²) in [5.41, 5.74) is 7.24. The number of hydrogen-bond acceptors (Lipinski definition) is 5. The number of alkyl halides is 3. The number of fused-ring (bicyclic) bond motifs is 1. The molecule has 4 aromatic rings. The molecule has 0 spiro atoms. The second-order valence-corrected chi connectivity index (χ2v) is 8.19. The Kier molecular flexibility index (Phi) is 4.89. The maximum atomic E-state index is 13.1. The van der Waals surface area contributed by atoms with Crippen LogP contribution in [0, 0.1) is 0 Å². The van der Waals surface area contributed by atoms with Crippen molar-refractivity contribution in [2.75, 3.05) is 5.32 Å². The molecule has 0 atom stereocenters. The van der Waals surface area contributed by atoms with E-state index in [9.17, 15) is 13.2 Å². The van der Waals surface area contributed by atoms with Crippen molar-refractivity contribution in [3.05, 3.63) is 72.6 Å². The summed E-state index contributed by atoms with van der Waals surface area (Å²) in [7, 11) is 0. The van der Waals surface area contributed by atoms with Crippen molar-refractivity contribution in [2.24, 2.45) is 5.73 Å². The highest BCUT2D eigenvalue weighted by Gasteiger charge is 2.36. The van der Waals surface area contributed by atoms with Crippen LogP contribution in [0.2, 0.25) is 0 Å². The molecule has 32 heavy (non-hydrogen) atoms. The molecule has 1 fully saturated rings. The van der Waals surface area contributed by atoms with Crippen LogP contribution in [0.1, 0.15) is 37.1 Å². The molecule has 0 saturated heterocycles. The summed E-state index contributed by atoms with van der Waals surface area (Å²) < 4.78 is 42.4. The molecule has 7 nitrogen and oxygen atoms in total.